The largest absolute Gasteiger partial charge is 0.372 e. The van der Waals surface area contributed by atoms with Crippen molar-refractivity contribution < 1.29 is 9.47 Å². The van der Waals surface area contributed by atoms with Crippen LogP contribution in [0.25, 0.3) is 67.6 Å². The van der Waals surface area contributed by atoms with Crippen molar-refractivity contribution in [1.82, 2.24) is 0 Å². The molecule has 0 aromatic heterocycles. The molecule has 0 radical (unpaired) electrons. The third kappa shape index (κ3) is 2.98. The maximum atomic E-state index is 5.91. The Morgan fingerprint density at radius 3 is 1.88 bits per heavy atom. The fourth-order valence-electron chi connectivity index (χ4n) is 12.0. The predicted octanol–water partition coefficient (Wildman–Crippen LogP) is 10.6. The highest BCUT2D eigenvalue weighted by Crippen LogP contribution is 2.65. The van der Waals surface area contributed by atoms with Gasteiger partial charge in [0.2, 0.25) is 0 Å². The minimum Gasteiger partial charge on any atom is -0.372 e. The van der Waals surface area contributed by atoms with Crippen LogP contribution in [0.3, 0.4) is 0 Å². The summed E-state index contributed by atoms with van der Waals surface area (Å²) >= 11 is 0. The third-order valence-corrected chi connectivity index (χ3v) is 13.9. The van der Waals surface area contributed by atoms with E-state index >= 15 is 0 Å². The normalized spacial score (nSPS) is 25.0. The summed E-state index contributed by atoms with van der Waals surface area (Å²) in [4.78, 5) is 0. The molecule has 0 spiro atoms. The van der Waals surface area contributed by atoms with Crippen LogP contribution in [0, 0.1) is 0 Å². The summed E-state index contributed by atoms with van der Waals surface area (Å²) in [6.07, 6.45) is 20.7. The molecule has 3 atom stereocenters. The molecule has 242 valence electrons. The van der Waals surface area contributed by atoms with Crippen LogP contribution in [0.4, 0.5) is 0 Å². The molecule has 0 saturated carbocycles. The zero-order valence-corrected chi connectivity index (χ0v) is 29.1. The van der Waals surface area contributed by atoms with Crippen LogP contribution < -0.4 is 0 Å². The minimum atomic E-state index is -0.169. The molecule has 50 heavy (non-hydrogen) atoms. The van der Waals surface area contributed by atoms with Gasteiger partial charge in [0, 0.05) is 16.7 Å². The van der Waals surface area contributed by atoms with Crippen molar-refractivity contribution in [1.29, 1.82) is 0 Å². The van der Waals surface area contributed by atoms with Crippen molar-refractivity contribution in [2.45, 2.75) is 75.9 Å². The number of hydrogen-bond acceptors (Lipinski definition) is 2. The molecule has 5 aromatic carbocycles. The molecular weight excluding hydrogens is 609 g/mol. The van der Waals surface area contributed by atoms with Gasteiger partial charge in [0.25, 0.3) is 0 Å². The monoisotopic (exact) mass is 646 g/mol. The molecule has 5 aromatic rings. The highest BCUT2D eigenvalue weighted by atomic mass is 16.6. The Balaban J connectivity index is 1.13. The molecule has 2 nitrogen and oxygen atoms in total. The second-order valence-electron chi connectivity index (χ2n) is 17.1. The number of fused-ring (bicyclic) bond motifs is 11. The van der Waals surface area contributed by atoms with E-state index in [0.29, 0.717) is 12.0 Å². The Hall–Kier alpha value is -4.50. The SMILES string of the molecule is CC1(C)c2c(ccc3c2C(C)(C)c2c-3c3c4c(ccc5c4c2CC=C5C2CO2)CC=C3)-c2c1c1c3c(ccc4c3c2C=CC4)C(C2CO2)C=C1. The van der Waals surface area contributed by atoms with Gasteiger partial charge in [-0.2, -0.15) is 0 Å². The number of ether oxygens (including phenoxy) is 2. The quantitative estimate of drug-likeness (QED) is 0.178. The van der Waals surface area contributed by atoms with Gasteiger partial charge in [-0.15, -0.1) is 0 Å². The molecule has 0 bridgehead atoms. The Bertz CT molecular complexity index is 2680. The van der Waals surface area contributed by atoms with Gasteiger partial charge in [-0.25, -0.2) is 0 Å². The summed E-state index contributed by atoms with van der Waals surface area (Å²) in [7, 11) is 0. The van der Waals surface area contributed by atoms with Crippen LogP contribution in [0.2, 0.25) is 0 Å². The van der Waals surface area contributed by atoms with Crippen LogP contribution in [0.5, 0.6) is 0 Å². The number of hydrogen-bond donors (Lipinski definition) is 0. The first kappa shape index (κ1) is 27.3. The molecule has 2 saturated heterocycles. The highest BCUT2D eigenvalue weighted by Gasteiger charge is 2.50. The van der Waals surface area contributed by atoms with Crippen molar-refractivity contribution in [2.75, 3.05) is 13.2 Å². The average molecular weight is 647 g/mol. The Morgan fingerprint density at radius 1 is 0.580 bits per heavy atom. The van der Waals surface area contributed by atoms with E-state index in [1.54, 1.807) is 22.3 Å². The third-order valence-electron chi connectivity index (χ3n) is 13.9. The number of epoxide rings is 2. The van der Waals surface area contributed by atoms with Crippen molar-refractivity contribution in [3.63, 3.8) is 0 Å². The van der Waals surface area contributed by atoms with Crippen molar-refractivity contribution >= 4 is 45.3 Å². The Labute approximate surface area is 292 Å². The zero-order valence-electron chi connectivity index (χ0n) is 29.1. The van der Waals surface area contributed by atoms with E-state index in [2.05, 4.69) is 107 Å². The highest BCUT2D eigenvalue weighted by molar-refractivity contribution is 6.14. The van der Waals surface area contributed by atoms with Crippen LogP contribution in [-0.4, -0.2) is 25.4 Å². The molecule has 0 N–H and O–H groups in total. The van der Waals surface area contributed by atoms with Gasteiger partial charge in [0.1, 0.15) is 6.10 Å². The molecule has 2 aliphatic heterocycles. The molecule has 2 heterocycles. The number of benzene rings is 5. The van der Waals surface area contributed by atoms with Crippen LogP contribution >= 0.6 is 0 Å². The smallest absolute Gasteiger partial charge is 0.106 e. The Morgan fingerprint density at radius 2 is 1.20 bits per heavy atom. The van der Waals surface area contributed by atoms with Crippen LogP contribution in [0.15, 0.2) is 60.7 Å². The second-order valence-corrected chi connectivity index (χ2v) is 17.1. The molecule has 2 fully saturated rings. The zero-order chi connectivity index (χ0) is 33.0. The van der Waals surface area contributed by atoms with E-state index in [4.69, 9.17) is 9.47 Å². The lowest BCUT2D eigenvalue weighted by Crippen LogP contribution is -2.26. The molecule has 2 heteroatoms. The minimum absolute atomic E-state index is 0.153. The molecule has 0 amide bonds. The fraction of sp³-hybridized carbons (Fsp3) is 0.292. The fourth-order valence-corrected chi connectivity index (χ4v) is 12.0. The number of allylic oxidation sites excluding steroid dienone is 3. The van der Waals surface area contributed by atoms with Crippen molar-refractivity contribution in [2.24, 2.45) is 0 Å². The summed E-state index contributed by atoms with van der Waals surface area (Å²) in [5.74, 6) is 0.338. The number of rotatable bonds is 2. The van der Waals surface area contributed by atoms with Gasteiger partial charge in [-0.05, 0) is 135 Å². The first-order chi connectivity index (χ1) is 24.3. The van der Waals surface area contributed by atoms with E-state index < -0.39 is 0 Å². The van der Waals surface area contributed by atoms with Crippen molar-refractivity contribution in [3.05, 3.63) is 127 Å². The van der Waals surface area contributed by atoms with E-state index in [-0.39, 0.29) is 16.9 Å². The average Bonchev–Trinajstić information content (AvgIpc) is 4.07. The van der Waals surface area contributed by atoms with Gasteiger partial charge in [0.05, 0.1) is 19.3 Å². The van der Waals surface area contributed by atoms with Gasteiger partial charge in [-0.1, -0.05) is 107 Å². The summed E-state index contributed by atoms with van der Waals surface area (Å²) < 4.78 is 11.8. The molecule has 6 aliphatic carbocycles. The van der Waals surface area contributed by atoms with Gasteiger partial charge >= 0.3 is 0 Å². The molecular formula is C48H38O2. The first-order valence-electron chi connectivity index (χ1n) is 18.8. The van der Waals surface area contributed by atoms with E-state index in [1.807, 2.05) is 0 Å². The van der Waals surface area contributed by atoms with Crippen molar-refractivity contribution in [3.8, 4) is 22.3 Å². The van der Waals surface area contributed by atoms with Gasteiger partial charge in [-0.3, -0.25) is 0 Å². The van der Waals surface area contributed by atoms with Crippen LogP contribution in [-0.2, 0) is 39.6 Å². The molecule has 3 unspecified atom stereocenters. The first-order valence-corrected chi connectivity index (χ1v) is 18.8. The summed E-state index contributed by atoms with van der Waals surface area (Å²) in [6.45, 7) is 11.8. The topological polar surface area (TPSA) is 25.1 Å². The predicted molar refractivity (Wildman–Crippen MR) is 205 cm³/mol. The maximum absolute atomic E-state index is 5.91. The second kappa shape index (κ2) is 8.51. The Kier molecular flexibility index (Phi) is 4.64. The molecule has 8 aliphatic rings. The summed E-state index contributed by atoms with van der Waals surface area (Å²) in [5, 5.41) is 5.95. The van der Waals surface area contributed by atoms with Gasteiger partial charge in [0.15, 0.2) is 0 Å². The molecule has 13 rings (SSSR count). The van der Waals surface area contributed by atoms with Crippen LogP contribution in [0.1, 0.15) is 100 Å². The van der Waals surface area contributed by atoms with Gasteiger partial charge < -0.3 is 9.47 Å². The lowest BCUT2D eigenvalue weighted by Gasteiger charge is -2.34. The van der Waals surface area contributed by atoms with E-state index in [0.717, 1.165) is 32.5 Å². The lowest BCUT2D eigenvalue weighted by molar-refractivity contribution is 0.393. The standard InChI is InChI=1S/C48H38O2/c1-47(2)43-31-17-15-25(35-21-49-35)27-13-11-23-7-5-9-29(37(23)39(27)31)41(43)33-19-20-34-42-30-10-6-8-24-12-14-28-26(36-22-50-36)16-18-32(40(28)38(24)30)44(42)48(3,4)46(34)45(33)47/h5-6,9-17,19-20,25,35-36H,7-8,18,21-22H2,1-4H3. The van der Waals surface area contributed by atoms with E-state index in [9.17, 15) is 0 Å². The lowest BCUT2D eigenvalue weighted by atomic mass is 9.69. The van der Waals surface area contributed by atoms with E-state index in [1.165, 1.54) is 93.9 Å². The maximum Gasteiger partial charge on any atom is 0.106 e. The summed E-state index contributed by atoms with van der Waals surface area (Å²) in [5.41, 5.74) is 24.7. The summed E-state index contributed by atoms with van der Waals surface area (Å²) in [6, 6.07) is 14.7.